The van der Waals surface area contributed by atoms with Crippen LogP contribution in [0.3, 0.4) is 0 Å². The lowest BCUT2D eigenvalue weighted by Gasteiger charge is -2.38. The highest BCUT2D eigenvalue weighted by Gasteiger charge is 2.32. The molecule has 2 unspecified atom stereocenters. The van der Waals surface area contributed by atoms with E-state index < -0.39 is 0 Å². The van der Waals surface area contributed by atoms with Crippen LogP contribution in [0.25, 0.3) is 0 Å². The number of nitrogens with zero attached hydrogens (tertiary/aromatic N) is 1. The van der Waals surface area contributed by atoms with Crippen LogP contribution in [0.4, 0.5) is 0 Å². The predicted octanol–water partition coefficient (Wildman–Crippen LogP) is 2.06. The summed E-state index contributed by atoms with van der Waals surface area (Å²) in [5, 5.41) is 1.96. The van der Waals surface area contributed by atoms with Gasteiger partial charge in [-0.1, -0.05) is 0 Å². The number of carbonyl (C=O) groups is 1. The zero-order valence-electron chi connectivity index (χ0n) is 11.3. The lowest BCUT2D eigenvalue weighted by Crippen LogP contribution is -2.51. The normalized spacial score (nSPS) is 23.0. The summed E-state index contributed by atoms with van der Waals surface area (Å²) < 4.78 is 5.37. The molecule has 2 rings (SSSR count). The first kappa shape index (κ1) is 16.4. The van der Waals surface area contributed by atoms with Crippen LogP contribution in [0.1, 0.15) is 28.1 Å². The Labute approximate surface area is 124 Å². The number of rotatable bonds is 3. The number of nitrogens with two attached hydrogens (primary N) is 1. The molecule has 0 saturated carbocycles. The van der Waals surface area contributed by atoms with Gasteiger partial charge in [-0.15, -0.1) is 23.7 Å². The molecule has 4 nitrogen and oxygen atoms in total. The Bertz CT molecular complexity index is 425. The first-order chi connectivity index (χ1) is 8.67. The number of methoxy groups -OCH3 is 1. The van der Waals surface area contributed by atoms with Crippen molar-refractivity contribution in [3.63, 3.8) is 0 Å². The van der Waals surface area contributed by atoms with E-state index in [-0.39, 0.29) is 30.5 Å². The zero-order valence-corrected chi connectivity index (χ0v) is 12.9. The van der Waals surface area contributed by atoms with Gasteiger partial charge in [-0.05, 0) is 36.8 Å². The van der Waals surface area contributed by atoms with Gasteiger partial charge in [-0.3, -0.25) is 4.79 Å². The van der Waals surface area contributed by atoms with Crippen molar-refractivity contribution in [3.8, 4) is 0 Å². The number of hydrogen-bond acceptors (Lipinski definition) is 4. The van der Waals surface area contributed by atoms with Crippen molar-refractivity contribution in [1.82, 2.24) is 4.90 Å². The van der Waals surface area contributed by atoms with Gasteiger partial charge in [-0.2, -0.15) is 0 Å². The number of thiophene rings is 1. The number of piperidine rings is 1. The average molecular weight is 305 g/mol. The molecule has 2 N–H and O–H groups in total. The summed E-state index contributed by atoms with van der Waals surface area (Å²) in [6, 6.07) is 2.08. The van der Waals surface area contributed by atoms with E-state index in [9.17, 15) is 4.79 Å². The van der Waals surface area contributed by atoms with Crippen molar-refractivity contribution in [2.24, 2.45) is 5.73 Å². The van der Waals surface area contributed by atoms with E-state index in [0.717, 1.165) is 29.8 Å². The Morgan fingerprint density at radius 1 is 1.63 bits per heavy atom. The van der Waals surface area contributed by atoms with Gasteiger partial charge in [0.2, 0.25) is 0 Å². The van der Waals surface area contributed by atoms with E-state index in [1.165, 1.54) is 11.3 Å². The van der Waals surface area contributed by atoms with Gasteiger partial charge >= 0.3 is 0 Å². The standard InChI is InChI=1S/C13H20N2O2S.ClH/c1-9-4-6-18-12(9)13(16)15-5-3-11(17-2)7-10(15)8-14;/h4,6,10-11H,3,5,7-8,14H2,1-2H3;1H. The molecule has 1 aliphatic rings. The van der Waals surface area contributed by atoms with Gasteiger partial charge in [0.25, 0.3) is 5.91 Å². The van der Waals surface area contributed by atoms with Gasteiger partial charge < -0.3 is 15.4 Å². The molecule has 1 fully saturated rings. The second-order valence-electron chi connectivity index (χ2n) is 4.70. The van der Waals surface area contributed by atoms with Crippen LogP contribution >= 0.6 is 23.7 Å². The van der Waals surface area contributed by atoms with Crippen LogP contribution in [0.2, 0.25) is 0 Å². The van der Waals surface area contributed by atoms with Crippen LogP contribution in [0.5, 0.6) is 0 Å². The summed E-state index contributed by atoms with van der Waals surface area (Å²) in [6.07, 6.45) is 1.96. The van der Waals surface area contributed by atoms with Crippen molar-refractivity contribution in [3.05, 3.63) is 21.9 Å². The molecule has 108 valence electrons. The number of halogens is 1. The van der Waals surface area contributed by atoms with E-state index in [2.05, 4.69) is 0 Å². The molecule has 0 spiro atoms. The number of aryl methyl sites for hydroxylation is 1. The molecule has 6 heteroatoms. The first-order valence-electron chi connectivity index (χ1n) is 6.25. The fourth-order valence-corrected chi connectivity index (χ4v) is 3.32. The zero-order chi connectivity index (χ0) is 13.1. The minimum atomic E-state index is 0. The number of carbonyl (C=O) groups excluding carboxylic acids is 1. The SMILES string of the molecule is COC1CCN(C(=O)c2sccc2C)C(CN)C1.Cl. The van der Waals surface area contributed by atoms with Gasteiger partial charge in [0.05, 0.1) is 11.0 Å². The van der Waals surface area contributed by atoms with Crippen LogP contribution in [0, 0.1) is 6.92 Å². The van der Waals surface area contributed by atoms with Gasteiger partial charge in [-0.25, -0.2) is 0 Å². The summed E-state index contributed by atoms with van der Waals surface area (Å²) in [7, 11) is 1.72. The Kier molecular flexibility index (Phi) is 6.26. The molecule has 1 aromatic heterocycles. The van der Waals surface area contributed by atoms with Crippen LogP contribution < -0.4 is 5.73 Å². The molecule has 0 bridgehead atoms. The molecule has 1 aromatic rings. The monoisotopic (exact) mass is 304 g/mol. The Morgan fingerprint density at radius 2 is 2.37 bits per heavy atom. The van der Waals surface area contributed by atoms with Crippen molar-refractivity contribution >= 4 is 29.7 Å². The lowest BCUT2D eigenvalue weighted by atomic mass is 9.99. The molecule has 0 aromatic carbocycles. The molecule has 0 radical (unpaired) electrons. The minimum absolute atomic E-state index is 0. The van der Waals surface area contributed by atoms with Crippen LogP contribution in [0.15, 0.2) is 11.4 Å². The highest BCUT2D eigenvalue weighted by atomic mass is 35.5. The lowest BCUT2D eigenvalue weighted by molar-refractivity contribution is 0.0141. The number of hydrogen-bond donors (Lipinski definition) is 1. The molecular formula is C13H21ClN2O2S. The van der Waals surface area contributed by atoms with Gasteiger partial charge in [0.1, 0.15) is 0 Å². The van der Waals surface area contributed by atoms with E-state index in [1.807, 2.05) is 23.3 Å². The summed E-state index contributed by atoms with van der Waals surface area (Å²) >= 11 is 1.51. The molecule has 1 amide bonds. The molecule has 2 heterocycles. The largest absolute Gasteiger partial charge is 0.381 e. The maximum absolute atomic E-state index is 12.5. The number of ether oxygens (including phenoxy) is 1. The highest BCUT2D eigenvalue weighted by Crippen LogP contribution is 2.24. The van der Waals surface area contributed by atoms with Crippen molar-refractivity contribution in [2.75, 3.05) is 20.2 Å². The fraction of sp³-hybridized carbons (Fsp3) is 0.615. The average Bonchev–Trinajstić information content (AvgIpc) is 2.83. The summed E-state index contributed by atoms with van der Waals surface area (Å²) in [5.74, 6) is 0.118. The van der Waals surface area contributed by atoms with Crippen LogP contribution in [-0.2, 0) is 4.74 Å². The van der Waals surface area contributed by atoms with Crippen LogP contribution in [-0.4, -0.2) is 43.2 Å². The second kappa shape index (κ2) is 7.24. The molecule has 19 heavy (non-hydrogen) atoms. The Morgan fingerprint density at radius 3 is 2.89 bits per heavy atom. The fourth-order valence-electron chi connectivity index (χ4n) is 2.44. The van der Waals surface area contributed by atoms with E-state index in [0.29, 0.717) is 6.54 Å². The highest BCUT2D eigenvalue weighted by molar-refractivity contribution is 7.12. The quantitative estimate of drug-likeness (QED) is 0.930. The third kappa shape index (κ3) is 3.48. The number of amides is 1. The van der Waals surface area contributed by atoms with Crippen molar-refractivity contribution in [2.45, 2.75) is 31.9 Å². The molecule has 0 aliphatic carbocycles. The van der Waals surface area contributed by atoms with Gasteiger partial charge in [0, 0.05) is 26.2 Å². The molecule has 1 aliphatic heterocycles. The summed E-state index contributed by atoms with van der Waals surface area (Å²) in [4.78, 5) is 15.2. The summed E-state index contributed by atoms with van der Waals surface area (Å²) in [5.41, 5.74) is 6.84. The van der Waals surface area contributed by atoms with Crippen molar-refractivity contribution < 1.29 is 9.53 Å². The van der Waals surface area contributed by atoms with E-state index in [4.69, 9.17) is 10.5 Å². The molecular weight excluding hydrogens is 284 g/mol. The maximum Gasteiger partial charge on any atom is 0.264 e. The minimum Gasteiger partial charge on any atom is -0.381 e. The smallest absolute Gasteiger partial charge is 0.264 e. The third-order valence-corrected chi connectivity index (χ3v) is 4.59. The Hall–Kier alpha value is -0.620. The maximum atomic E-state index is 12.5. The first-order valence-corrected chi connectivity index (χ1v) is 7.13. The predicted molar refractivity (Wildman–Crippen MR) is 80.2 cm³/mol. The van der Waals surface area contributed by atoms with Gasteiger partial charge in [0.15, 0.2) is 0 Å². The van der Waals surface area contributed by atoms with E-state index in [1.54, 1.807) is 7.11 Å². The summed E-state index contributed by atoms with van der Waals surface area (Å²) in [6.45, 7) is 3.20. The third-order valence-electron chi connectivity index (χ3n) is 3.59. The topological polar surface area (TPSA) is 55.6 Å². The second-order valence-corrected chi connectivity index (χ2v) is 5.62. The number of likely N-dealkylation sites (tertiary alicyclic amines) is 1. The van der Waals surface area contributed by atoms with E-state index >= 15 is 0 Å². The molecule has 1 saturated heterocycles. The van der Waals surface area contributed by atoms with Crippen molar-refractivity contribution in [1.29, 1.82) is 0 Å². The Balaban J connectivity index is 0.00000180. The molecule has 2 atom stereocenters.